The van der Waals surface area contributed by atoms with Crippen molar-refractivity contribution >= 4 is 63.9 Å². The quantitative estimate of drug-likeness (QED) is 0.201. The van der Waals surface area contributed by atoms with Gasteiger partial charge in [-0.25, -0.2) is 0 Å². The van der Waals surface area contributed by atoms with E-state index in [1.165, 1.54) is 11.8 Å². The predicted molar refractivity (Wildman–Crippen MR) is 132 cm³/mol. The first kappa shape index (κ1) is 21.6. The van der Waals surface area contributed by atoms with Crippen molar-refractivity contribution in [3.8, 4) is 5.75 Å². The van der Waals surface area contributed by atoms with Crippen molar-refractivity contribution in [2.24, 2.45) is 0 Å². The van der Waals surface area contributed by atoms with Crippen molar-refractivity contribution in [3.63, 3.8) is 0 Å². The highest BCUT2D eigenvalue weighted by molar-refractivity contribution is 8.03. The van der Waals surface area contributed by atoms with Gasteiger partial charge in [0.2, 0.25) is 4.46 Å². The first-order valence-corrected chi connectivity index (χ1v) is 12.2. The molecule has 0 N–H and O–H groups in total. The molecule has 1 fully saturated rings. The molecular weight excluding hydrogens is 492 g/mol. The summed E-state index contributed by atoms with van der Waals surface area (Å²) in [6, 6.07) is 25.9. The monoisotopic (exact) mass is 509 g/mol. The van der Waals surface area contributed by atoms with Crippen LogP contribution in [0, 0.1) is 0 Å². The van der Waals surface area contributed by atoms with Crippen LogP contribution in [0.1, 0.15) is 23.5 Å². The highest BCUT2D eigenvalue weighted by atomic mass is 35.5. The smallest absolute Gasteiger partial charge is 0.219 e. The van der Waals surface area contributed by atoms with E-state index in [0.29, 0.717) is 6.42 Å². The van der Waals surface area contributed by atoms with Crippen LogP contribution in [0.15, 0.2) is 83.8 Å². The molecule has 2 unspecified atom stereocenters. The molecule has 0 spiro atoms. The third-order valence-electron chi connectivity index (χ3n) is 6.14. The molecule has 2 aliphatic rings. The van der Waals surface area contributed by atoms with Crippen LogP contribution in [-0.4, -0.2) is 15.2 Å². The number of nitrogens with zero attached hydrogens (tertiary/aromatic N) is 1. The van der Waals surface area contributed by atoms with Crippen molar-refractivity contribution in [3.05, 3.63) is 90.0 Å². The van der Waals surface area contributed by atoms with Crippen molar-refractivity contribution in [2.45, 2.75) is 30.9 Å². The summed E-state index contributed by atoms with van der Waals surface area (Å²) >= 11 is 29.7. The zero-order valence-electron chi connectivity index (χ0n) is 16.6. The Balaban J connectivity index is 1.73. The number of methoxy groups -OCH3 is 1. The van der Waals surface area contributed by atoms with Gasteiger partial charge in [-0.1, -0.05) is 113 Å². The molecule has 2 nitrogen and oxygen atoms in total. The van der Waals surface area contributed by atoms with Gasteiger partial charge in [-0.15, -0.1) is 0 Å². The number of ether oxygens (including phenoxy) is 1. The number of fused-ring (bicyclic) bond motifs is 3. The molecule has 31 heavy (non-hydrogen) atoms. The zero-order valence-corrected chi connectivity index (χ0v) is 20.4. The largest absolute Gasteiger partial charge is 0.497 e. The molecule has 1 saturated heterocycles. The van der Waals surface area contributed by atoms with Crippen molar-refractivity contribution in [1.82, 2.24) is 0 Å². The Kier molecular flexibility index (Phi) is 5.35. The third kappa shape index (κ3) is 3.32. The second-order valence-electron chi connectivity index (χ2n) is 7.76. The maximum absolute atomic E-state index is 7.06. The molecule has 0 amide bonds. The Labute approximate surface area is 206 Å². The van der Waals surface area contributed by atoms with Crippen LogP contribution in [0.3, 0.4) is 0 Å². The minimum Gasteiger partial charge on any atom is -0.497 e. The number of alkyl halides is 4. The van der Waals surface area contributed by atoms with Crippen LogP contribution in [0.5, 0.6) is 5.75 Å². The lowest BCUT2D eigenvalue weighted by Gasteiger charge is -2.36. The van der Waals surface area contributed by atoms with Gasteiger partial charge in [-0.05, 0) is 41.8 Å². The van der Waals surface area contributed by atoms with Crippen LogP contribution >= 0.6 is 58.2 Å². The van der Waals surface area contributed by atoms with E-state index in [0.717, 1.165) is 27.5 Å². The first-order chi connectivity index (χ1) is 14.8. The Hall–Kier alpha value is -1.23. The summed E-state index contributed by atoms with van der Waals surface area (Å²) in [5.41, 5.74) is 2.26. The van der Waals surface area contributed by atoms with Crippen LogP contribution < -0.4 is 9.64 Å². The average molecular weight is 511 g/mol. The molecule has 0 bridgehead atoms. The van der Waals surface area contributed by atoms with Gasteiger partial charge in [0.25, 0.3) is 0 Å². The molecule has 0 saturated carbocycles. The van der Waals surface area contributed by atoms with E-state index in [1.54, 1.807) is 7.11 Å². The number of thioether (sulfide) groups is 1. The lowest BCUT2D eigenvalue weighted by atomic mass is 9.84. The molecule has 2 aliphatic heterocycles. The molecule has 160 valence electrons. The first-order valence-electron chi connectivity index (χ1n) is 9.85. The molecule has 2 heterocycles. The fourth-order valence-corrected chi connectivity index (χ4v) is 7.46. The van der Waals surface area contributed by atoms with E-state index in [4.69, 9.17) is 51.1 Å². The third-order valence-corrected chi connectivity index (χ3v) is 9.21. The number of anilines is 1. The van der Waals surface area contributed by atoms with Gasteiger partial charge >= 0.3 is 0 Å². The molecule has 5 rings (SSSR count). The highest BCUT2D eigenvalue weighted by Crippen LogP contribution is 2.73. The molecule has 7 heteroatoms. The van der Waals surface area contributed by atoms with E-state index in [-0.39, 0.29) is 5.92 Å². The normalized spacial score (nSPS) is 25.6. The standard InChI is InChI=1S/C24H19Cl4NOS/c1-30-18-13-11-17(12-14-18)22-15-19(16-7-3-2-4-8-16)23(25,26)31-21-10-6-5-9-20(21)29(22)24(22,27)28/h2-14,19H,15H2,1H3. The van der Waals surface area contributed by atoms with Gasteiger partial charge in [-0.2, -0.15) is 0 Å². The van der Waals surface area contributed by atoms with Crippen LogP contribution in [0.2, 0.25) is 0 Å². The maximum atomic E-state index is 7.06. The Morgan fingerprint density at radius 2 is 1.52 bits per heavy atom. The molecule has 0 aromatic heterocycles. The number of hydrogen-bond acceptors (Lipinski definition) is 3. The number of hydrogen-bond donors (Lipinski definition) is 0. The Bertz CT molecular complexity index is 1110. The average Bonchev–Trinajstić information content (AvgIpc) is 3.26. The van der Waals surface area contributed by atoms with Crippen molar-refractivity contribution in [2.75, 3.05) is 12.0 Å². The summed E-state index contributed by atoms with van der Waals surface area (Å²) in [5.74, 6) is 0.548. The zero-order chi connectivity index (χ0) is 21.9. The van der Waals surface area contributed by atoms with Crippen LogP contribution in [0.25, 0.3) is 0 Å². The fourth-order valence-electron chi connectivity index (χ4n) is 4.56. The molecule has 0 radical (unpaired) electrons. The lowest BCUT2D eigenvalue weighted by Crippen LogP contribution is -2.30. The van der Waals surface area contributed by atoms with Crippen LogP contribution in [-0.2, 0) is 5.54 Å². The topological polar surface area (TPSA) is 12.2 Å². The summed E-state index contributed by atoms with van der Waals surface area (Å²) in [5, 5.41) is 0. The SMILES string of the molecule is COc1ccc(C23CC(c4ccccc4)C(Cl)(Cl)Sc4ccccc4N2C3(Cl)Cl)cc1. The molecule has 3 aromatic carbocycles. The minimum absolute atomic E-state index is 0.223. The summed E-state index contributed by atoms with van der Waals surface area (Å²) in [7, 11) is 1.65. The maximum Gasteiger partial charge on any atom is 0.219 e. The summed E-state index contributed by atoms with van der Waals surface area (Å²) < 4.78 is 3.09. The number of benzene rings is 3. The predicted octanol–water partition coefficient (Wildman–Crippen LogP) is 7.95. The molecule has 3 aromatic rings. The van der Waals surface area contributed by atoms with Gasteiger partial charge < -0.3 is 9.64 Å². The number of para-hydroxylation sites is 1. The number of rotatable bonds is 3. The van der Waals surface area contributed by atoms with Gasteiger partial charge in [0.1, 0.15) is 11.3 Å². The Morgan fingerprint density at radius 3 is 2.19 bits per heavy atom. The van der Waals surface area contributed by atoms with Gasteiger partial charge in [0.05, 0.1) is 12.8 Å². The van der Waals surface area contributed by atoms with Crippen LogP contribution in [0.4, 0.5) is 5.69 Å². The van der Waals surface area contributed by atoms with Crippen molar-refractivity contribution in [1.29, 1.82) is 0 Å². The van der Waals surface area contributed by atoms with E-state index in [9.17, 15) is 0 Å². The van der Waals surface area contributed by atoms with E-state index in [2.05, 4.69) is 17.0 Å². The summed E-state index contributed by atoms with van der Waals surface area (Å²) in [6.07, 6.45) is 0.546. The van der Waals surface area contributed by atoms with Gasteiger partial charge in [-0.3, -0.25) is 0 Å². The summed E-state index contributed by atoms with van der Waals surface area (Å²) in [4.78, 5) is 3.01. The molecule has 2 atom stereocenters. The second-order valence-corrected chi connectivity index (χ2v) is 12.2. The second kappa shape index (κ2) is 7.67. The van der Waals surface area contributed by atoms with E-state index < -0.39 is 13.7 Å². The molecular formula is C24H19Cl4NOS. The summed E-state index contributed by atoms with van der Waals surface area (Å²) in [6.45, 7) is 0. The van der Waals surface area contributed by atoms with Gasteiger partial charge in [0, 0.05) is 10.8 Å². The van der Waals surface area contributed by atoms with E-state index in [1.807, 2.05) is 66.7 Å². The lowest BCUT2D eigenvalue weighted by molar-refractivity contribution is 0.414. The minimum atomic E-state index is -1.15. The van der Waals surface area contributed by atoms with Crippen molar-refractivity contribution < 1.29 is 4.74 Å². The van der Waals surface area contributed by atoms with Gasteiger partial charge in [0.15, 0.2) is 3.67 Å². The molecule has 0 aliphatic carbocycles. The van der Waals surface area contributed by atoms with E-state index >= 15 is 0 Å². The number of halogens is 4. The fraction of sp³-hybridized carbons (Fsp3) is 0.250. The highest BCUT2D eigenvalue weighted by Gasteiger charge is 2.77. The Morgan fingerprint density at radius 1 is 0.871 bits per heavy atom.